The molecular weight excluding hydrogens is 332 g/mol. The zero-order chi connectivity index (χ0) is 17.4. The highest BCUT2D eigenvalue weighted by Crippen LogP contribution is 2.40. The van der Waals surface area contributed by atoms with Gasteiger partial charge in [-0.25, -0.2) is 0 Å². The SMILES string of the molecule is Cc1sc2c(c1C)CN(Cc1ccccc1)CN2C(=O)c1ccco1. The largest absolute Gasteiger partial charge is 0.459 e. The van der Waals surface area contributed by atoms with Crippen LogP contribution < -0.4 is 4.90 Å². The smallest absolute Gasteiger partial charge is 0.295 e. The minimum absolute atomic E-state index is 0.0785. The van der Waals surface area contributed by atoms with Crippen LogP contribution in [0.25, 0.3) is 0 Å². The molecule has 3 aromatic rings. The van der Waals surface area contributed by atoms with E-state index in [0.717, 1.165) is 18.1 Å². The van der Waals surface area contributed by atoms with E-state index in [4.69, 9.17) is 4.42 Å². The molecule has 0 radical (unpaired) electrons. The zero-order valence-electron chi connectivity index (χ0n) is 14.4. The molecule has 0 saturated heterocycles. The second-order valence-corrected chi connectivity index (χ2v) is 7.59. The summed E-state index contributed by atoms with van der Waals surface area (Å²) in [6.45, 7) is 6.52. The van der Waals surface area contributed by atoms with Gasteiger partial charge in [0.15, 0.2) is 5.76 Å². The lowest BCUT2D eigenvalue weighted by molar-refractivity contribution is 0.0930. The van der Waals surface area contributed by atoms with Gasteiger partial charge in [0.1, 0.15) is 5.00 Å². The van der Waals surface area contributed by atoms with Crippen LogP contribution in [-0.2, 0) is 13.1 Å². The second kappa shape index (κ2) is 6.50. The fraction of sp³-hybridized carbons (Fsp3) is 0.250. The van der Waals surface area contributed by atoms with Gasteiger partial charge in [-0.1, -0.05) is 30.3 Å². The highest BCUT2D eigenvalue weighted by molar-refractivity contribution is 7.16. The molecule has 0 saturated carbocycles. The number of carbonyl (C=O) groups excluding carboxylic acids is 1. The number of carbonyl (C=O) groups is 1. The molecule has 1 aliphatic rings. The summed E-state index contributed by atoms with van der Waals surface area (Å²) < 4.78 is 5.35. The van der Waals surface area contributed by atoms with Crippen molar-refractivity contribution in [1.82, 2.24) is 4.90 Å². The van der Waals surface area contributed by atoms with E-state index in [1.807, 2.05) is 11.0 Å². The van der Waals surface area contributed by atoms with E-state index in [2.05, 4.69) is 43.0 Å². The van der Waals surface area contributed by atoms with Crippen molar-refractivity contribution >= 4 is 22.2 Å². The molecule has 0 aliphatic carbocycles. The predicted molar refractivity (Wildman–Crippen MR) is 99.9 cm³/mol. The third-order valence-corrected chi connectivity index (χ3v) is 5.96. The van der Waals surface area contributed by atoms with Crippen LogP contribution in [0.4, 0.5) is 5.00 Å². The molecule has 0 bridgehead atoms. The van der Waals surface area contributed by atoms with Gasteiger partial charge in [-0.15, -0.1) is 11.3 Å². The maximum absolute atomic E-state index is 13.0. The highest BCUT2D eigenvalue weighted by atomic mass is 32.1. The van der Waals surface area contributed by atoms with E-state index >= 15 is 0 Å². The van der Waals surface area contributed by atoms with Gasteiger partial charge < -0.3 is 4.42 Å². The quantitative estimate of drug-likeness (QED) is 0.692. The Morgan fingerprint density at radius 3 is 2.68 bits per heavy atom. The lowest BCUT2D eigenvalue weighted by atomic mass is 10.1. The molecule has 0 unspecified atom stereocenters. The van der Waals surface area contributed by atoms with Crippen LogP contribution >= 0.6 is 11.3 Å². The number of amides is 1. The lowest BCUT2D eigenvalue weighted by Gasteiger charge is -2.35. The Balaban J connectivity index is 1.68. The third-order valence-electron chi connectivity index (χ3n) is 4.68. The first-order valence-corrected chi connectivity index (χ1v) is 9.15. The van der Waals surface area contributed by atoms with E-state index in [1.165, 1.54) is 21.6 Å². The molecule has 0 N–H and O–H groups in total. The van der Waals surface area contributed by atoms with Crippen LogP contribution in [0, 0.1) is 13.8 Å². The molecule has 25 heavy (non-hydrogen) atoms. The van der Waals surface area contributed by atoms with Crippen LogP contribution in [-0.4, -0.2) is 17.5 Å². The summed E-state index contributed by atoms with van der Waals surface area (Å²) in [6.07, 6.45) is 1.55. The molecule has 1 aromatic carbocycles. The monoisotopic (exact) mass is 352 g/mol. The summed E-state index contributed by atoms with van der Waals surface area (Å²) in [5.74, 6) is 0.307. The van der Waals surface area contributed by atoms with E-state index in [1.54, 1.807) is 29.7 Å². The van der Waals surface area contributed by atoms with Gasteiger partial charge in [-0.2, -0.15) is 0 Å². The highest BCUT2D eigenvalue weighted by Gasteiger charge is 2.32. The number of furan rings is 1. The molecular formula is C20H20N2O2S. The maximum atomic E-state index is 13.0. The molecule has 1 aliphatic heterocycles. The Bertz CT molecular complexity index is 884. The maximum Gasteiger partial charge on any atom is 0.295 e. The van der Waals surface area contributed by atoms with Gasteiger partial charge in [0.2, 0.25) is 0 Å². The Labute approximate surface area is 151 Å². The van der Waals surface area contributed by atoms with Crippen molar-refractivity contribution in [2.24, 2.45) is 0 Å². The van der Waals surface area contributed by atoms with Gasteiger partial charge in [-0.05, 0) is 37.1 Å². The molecule has 0 atom stereocenters. The van der Waals surface area contributed by atoms with Crippen molar-refractivity contribution in [1.29, 1.82) is 0 Å². The van der Waals surface area contributed by atoms with Crippen molar-refractivity contribution in [3.8, 4) is 0 Å². The van der Waals surface area contributed by atoms with E-state index < -0.39 is 0 Å². The van der Waals surface area contributed by atoms with Gasteiger partial charge in [0.25, 0.3) is 5.91 Å². The van der Waals surface area contributed by atoms with Crippen LogP contribution in [0.5, 0.6) is 0 Å². The normalized spacial score (nSPS) is 14.6. The van der Waals surface area contributed by atoms with Crippen LogP contribution in [0.1, 0.15) is 32.1 Å². The minimum Gasteiger partial charge on any atom is -0.459 e. The van der Waals surface area contributed by atoms with E-state index in [-0.39, 0.29) is 5.91 Å². The number of fused-ring (bicyclic) bond motifs is 1. The molecule has 4 rings (SSSR count). The molecule has 3 heterocycles. The standard InChI is InChI=1S/C20H20N2O2S/c1-14-15(2)25-20-17(14)12-21(11-16-7-4-3-5-8-16)13-22(20)19(23)18-9-6-10-24-18/h3-10H,11-13H2,1-2H3. The average molecular weight is 352 g/mol. The topological polar surface area (TPSA) is 36.7 Å². The fourth-order valence-corrected chi connectivity index (χ4v) is 4.39. The Morgan fingerprint density at radius 2 is 1.96 bits per heavy atom. The van der Waals surface area contributed by atoms with E-state index in [9.17, 15) is 4.79 Å². The molecule has 128 valence electrons. The summed E-state index contributed by atoms with van der Waals surface area (Å²) in [4.78, 5) is 18.4. The van der Waals surface area contributed by atoms with Gasteiger partial charge in [-0.3, -0.25) is 14.6 Å². The van der Waals surface area contributed by atoms with Crippen molar-refractivity contribution in [2.75, 3.05) is 11.6 Å². The summed E-state index contributed by atoms with van der Waals surface area (Å²) in [5.41, 5.74) is 3.79. The van der Waals surface area contributed by atoms with Crippen LogP contribution in [0.3, 0.4) is 0 Å². The summed E-state index contributed by atoms with van der Waals surface area (Å²) in [6, 6.07) is 13.9. The fourth-order valence-electron chi connectivity index (χ4n) is 3.24. The first-order chi connectivity index (χ1) is 12.1. The number of hydrogen-bond acceptors (Lipinski definition) is 4. The average Bonchev–Trinajstić information content (AvgIpc) is 3.25. The summed E-state index contributed by atoms with van der Waals surface area (Å²) in [7, 11) is 0. The second-order valence-electron chi connectivity index (χ2n) is 6.39. The summed E-state index contributed by atoms with van der Waals surface area (Å²) >= 11 is 1.70. The molecule has 0 fully saturated rings. The molecule has 2 aromatic heterocycles. The number of nitrogens with zero attached hydrogens (tertiary/aromatic N) is 2. The Kier molecular flexibility index (Phi) is 4.19. The Morgan fingerprint density at radius 1 is 1.16 bits per heavy atom. The first kappa shape index (κ1) is 16.1. The van der Waals surface area contributed by atoms with Crippen molar-refractivity contribution in [2.45, 2.75) is 26.9 Å². The van der Waals surface area contributed by atoms with E-state index in [0.29, 0.717) is 12.4 Å². The molecule has 0 spiro atoms. The minimum atomic E-state index is -0.0785. The van der Waals surface area contributed by atoms with Crippen molar-refractivity contribution in [3.63, 3.8) is 0 Å². The van der Waals surface area contributed by atoms with Gasteiger partial charge in [0, 0.05) is 23.5 Å². The Hall–Kier alpha value is -2.37. The summed E-state index contributed by atoms with van der Waals surface area (Å²) in [5, 5.41) is 1.06. The lowest BCUT2D eigenvalue weighted by Crippen LogP contribution is -2.44. The number of benzene rings is 1. The number of aryl methyl sites for hydroxylation is 1. The van der Waals surface area contributed by atoms with Crippen LogP contribution in [0.2, 0.25) is 0 Å². The van der Waals surface area contributed by atoms with Crippen molar-refractivity contribution in [3.05, 3.63) is 76.1 Å². The number of rotatable bonds is 3. The number of hydrogen-bond donors (Lipinski definition) is 0. The van der Waals surface area contributed by atoms with Gasteiger partial charge in [0.05, 0.1) is 12.9 Å². The predicted octanol–water partition coefficient (Wildman–Crippen LogP) is 4.58. The molecule has 4 nitrogen and oxygen atoms in total. The molecule has 5 heteroatoms. The molecule has 1 amide bonds. The van der Waals surface area contributed by atoms with Crippen molar-refractivity contribution < 1.29 is 9.21 Å². The zero-order valence-corrected chi connectivity index (χ0v) is 15.2. The van der Waals surface area contributed by atoms with Crippen LogP contribution in [0.15, 0.2) is 53.1 Å². The third kappa shape index (κ3) is 3.01. The number of anilines is 1. The first-order valence-electron chi connectivity index (χ1n) is 8.34. The van der Waals surface area contributed by atoms with Gasteiger partial charge >= 0.3 is 0 Å². The number of thiophene rings is 1.